The highest BCUT2D eigenvalue weighted by Crippen LogP contribution is 2.49. The van der Waals surface area contributed by atoms with Gasteiger partial charge in [-0.1, -0.05) is 31.2 Å². The van der Waals surface area contributed by atoms with E-state index in [0.717, 1.165) is 44.4 Å². The highest BCUT2D eigenvalue weighted by atomic mass is 15.3. The summed E-state index contributed by atoms with van der Waals surface area (Å²) in [4.78, 5) is 4.88. The molecule has 1 aliphatic rings. The molecule has 0 saturated heterocycles. The van der Waals surface area contributed by atoms with Gasteiger partial charge in [0.05, 0.1) is 6.54 Å². The minimum Gasteiger partial charge on any atom is -0.357 e. The lowest BCUT2D eigenvalue weighted by Crippen LogP contribution is -2.39. The van der Waals surface area contributed by atoms with Crippen LogP contribution in [0.25, 0.3) is 0 Å². The number of benzene rings is 1. The molecule has 6 nitrogen and oxygen atoms in total. The summed E-state index contributed by atoms with van der Waals surface area (Å²) in [5, 5.41) is 14.9. The van der Waals surface area contributed by atoms with E-state index in [0.29, 0.717) is 0 Å². The Morgan fingerprint density at radius 3 is 2.73 bits per heavy atom. The molecule has 1 fully saturated rings. The van der Waals surface area contributed by atoms with E-state index < -0.39 is 0 Å². The van der Waals surface area contributed by atoms with Gasteiger partial charge in [-0.05, 0) is 37.8 Å². The normalized spacial score (nSPS) is 15.7. The van der Waals surface area contributed by atoms with Gasteiger partial charge < -0.3 is 15.2 Å². The van der Waals surface area contributed by atoms with Gasteiger partial charge in [-0.2, -0.15) is 0 Å². The number of nitrogens with one attached hydrogen (secondary N) is 2. The first-order valence-electron chi connectivity index (χ1n) is 9.63. The second kappa shape index (κ2) is 8.34. The van der Waals surface area contributed by atoms with Gasteiger partial charge in [0.2, 0.25) is 0 Å². The SMILES string of the molecule is CCNC(=NCC1(c2ccccc2C)CC1)NCCn1cnnc1CC. The van der Waals surface area contributed by atoms with Crippen molar-refractivity contribution in [3.8, 4) is 0 Å². The van der Waals surface area contributed by atoms with Crippen molar-refractivity contribution in [3.05, 3.63) is 47.5 Å². The van der Waals surface area contributed by atoms with Gasteiger partial charge in [-0.15, -0.1) is 10.2 Å². The third kappa shape index (κ3) is 4.23. The van der Waals surface area contributed by atoms with Crippen LogP contribution in [-0.4, -0.2) is 40.4 Å². The van der Waals surface area contributed by atoms with Gasteiger partial charge in [0.15, 0.2) is 5.96 Å². The van der Waals surface area contributed by atoms with Gasteiger partial charge in [0.1, 0.15) is 12.2 Å². The Hall–Kier alpha value is -2.37. The van der Waals surface area contributed by atoms with Crippen LogP contribution in [0.3, 0.4) is 0 Å². The highest BCUT2D eigenvalue weighted by Gasteiger charge is 2.44. The van der Waals surface area contributed by atoms with Crippen molar-refractivity contribution < 1.29 is 0 Å². The number of nitrogens with zero attached hydrogens (tertiary/aromatic N) is 4. The second-order valence-corrected chi connectivity index (χ2v) is 7.01. The van der Waals surface area contributed by atoms with Crippen LogP contribution < -0.4 is 10.6 Å². The average Bonchev–Trinajstić information content (AvgIpc) is 3.30. The van der Waals surface area contributed by atoms with Gasteiger partial charge in [0.25, 0.3) is 0 Å². The van der Waals surface area contributed by atoms with Crippen molar-refractivity contribution >= 4 is 5.96 Å². The number of aliphatic imine (C=N–C) groups is 1. The maximum atomic E-state index is 4.88. The van der Waals surface area contributed by atoms with Gasteiger partial charge in [-0.3, -0.25) is 4.99 Å². The smallest absolute Gasteiger partial charge is 0.191 e. The third-order valence-corrected chi connectivity index (χ3v) is 5.11. The van der Waals surface area contributed by atoms with Crippen molar-refractivity contribution in [2.24, 2.45) is 4.99 Å². The predicted octanol–water partition coefficient (Wildman–Crippen LogP) is 2.44. The Kier molecular flexibility index (Phi) is 5.91. The summed E-state index contributed by atoms with van der Waals surface area (Å²) in [6.07, 6.45) is 5.14. The van der Waals surface area contributed by atoms with Crippen molar-refractivity contribution in [3.63, 3.8) is 0 Å². The average molecular weight is 355 g/mol. The van der Waals surface area contributed by atoms with Crippen LogP contribution in [-0.2, 0) is 18.4 Å². The van der Waals surface area contributed by atoms with Crippen LogP contribution in [0.15, 0.2) is 35.6 Å². The summed E-state index contributed by atoms with van der Waals surface area (Å²) >= 11 is 0. The summed E-state index contributed by atoms with van der Waals surface area (Å²) in [5.74, 6) is 1.91. The summed E-state index contributed by atoms with van der Waals surface area (Å²) in [6, 6.07) is 8.71. The Balaban J connectivity index is 1.60. The molecule has 2 N–H and O–H groups in total. The first kappa shape index (κ1) is 18.4. The van der Waals surface area contributed by atoms with E-state index in [1.54, 1.807) is 6.33 Å². The Labute approximate surface area is 156 Å². The van der Waals surface area contributed by atoms with E-state index >= 15 is 0 Å². The van der Waals surface area contributed by atoms with E-state index in [1.165, 1.54) is 24.0 Å². The molecule has 1 aromatic heterocycles. The molecular formula is C20H30N6. The standard InChI is InChI=1S/C20H30N6/c1-4-18-25-24-15-26(18)13-12-22-19(21-5-2)23-14-20(10-11-20)17-9-7-6-8-16(17)3/h6-9,15H,4-5,10-14H2,1-3H3,(H2,21,22,23). The summed E-state index contributed by atoms with van der Waals surface area (Å²) < 4.78 is 2.09. The van der Waals surface area contributed by atoms with Gasteiger partial charge in [-0.25, -0.2) is 0 Å². The van der Waals surface area contributed by atoms with E-state index in [9.17, 15) is 0 Å². The number of rotatable bonds is 8. The fraction of sp³-hybridized carbons (Fsp3) is 0.550. The molecule has 1 aromatic carbocycles. The monoisotopic (exact) mass is 354 g/mol. The zero-order valence-electron chi connectivity index (χ0n) is 16.1. The van der Waals surface area contributed by atoms with Crippen LogP contribution in [0.4, 0.5) is 0 Å². The molecule has 0 amide bonds. The number of hydrogen-bond donors (Lipinski definition) is 2. The van der Waals surface area contributed by atoms with Crippen molar-refractivity contribution in [2.45, 2.75) is 52.0 Å². The number of guanidine groups is 1. The lowest BCUT2D eigenvalue weighted by molar-refractivity contribution is 0.628. The predicted molar refractivity (Wildman–Crippen MR) is 105 cm³/mol. The maximum absolute atomic E-state index is 4.88. The molecule has 1 aliphatic carbocycles. The molecule has 140 valence electrons. The first-order valence-corrected chi connectivity index (χ1v) is 9.63. The molecule has 2 aromatic rings. The number of aryl methyl sites for hydroxylation is 2. The Bertz CT molecular complexity index is 744. The maximum Gasteiger partial charge on any atom is 0.191 e. The molecule has 3 rings (SSSR count). The second-order valence-electron chi connectivity index (χ2n) is 7.01. The molecule has 6 heteroatoms. The summed E-state index contributed by atoms with van der Waals surface area (Å²) in [5.41, 5.74) is 3.06. The van der Waals surface area contributed by atoms with Gasteiger partial charge in [0, 0.05) is 31.5 Å². The van der Waals surface area contributed by atoms with Crippen molar-refractivity contribution in [1.82, 2.24) is 25.4 Å². The largest absolute Gasteiger partial charge is 0.357 e. The lowest BCUT2D eigenvalue weighted by atomic mass is 9.92. The Morgan fingerprint density at radius 1 is 1.23 bits per heavy atom. The van der Waals surface area contributed by atoms with Crippen molar-refractivity contribution in [2.75, 3.05) is 19.6 Å². The van der Waals surface area contributed by atoms with Crippen LogP contribution in [0.5, 0.6) is 0 Å². The summed E-state index contributed by atoms with van der Waals surface area (Å²) in [6.45, 7) is 9.72. The topological polar surface area (TPSA) is 67.1 Å². The quantitative estimate of drug-likeness (QED) is 0.564. The zero-order chi connectivity index (χ0) is 18.4. The number of hydrogen-bond acceptors (Lipinski definition) is 3. The molecule has 26 heavy (non-hydrogen) atoms. The van der Waals surface area contributed by atoms with Crippen LogP contribution in [0.1, 0.15) is 43.6 Å². The minimum atomic E-state index is 0.233. The Morgan fingerprint density at radius 2 is 2.04 bits per heavy atom. The third-order valence-electron chi connectivity index (χ3n) is 5.11. The zero-order valence-corrected chi connectivity index (χ0v) is 16.1. The number of aromatic nitrogens is 3. The van der Waals surface area contributed by atoms with Crippen LogP contribution in [0, 0.1) is 6.92 Å². The van der Waals surface area contributed by atoms with Crippen LogP contribution >= 0.6 is 0 Å². The van der Waals surface area contributed by atoms with E-state index in [1.807, 2.05) is 0 Å². The highest BCUT2D eigenvalue weighted by molar-refractivity contribution is 5.79. The molecular weight excluding hydrogens is 324 g/mol. The van der Waals surface area contributed by atoms with E-state index in [2.05, 4.69) is 70.4 Å². The van der Waals surface area contributed by atoms with E-state index in [4.69, 9.17) is 4.99 Å². The van der Waals surface area contributed by atoms with Crippen LogP contribution in [0.2, 0.25) is 0 Å². The van der Waals surface area contributed by atoms with E-state index in [-0.39, 0.29) is 5.41 Å². The fourth-order valence-electron chi connectivity index (χ4n) is 3.44. The minimum absolute atomic E-state index is 0.233. The first-order chi connectivity index (χ1) is 12.7. The fourth-order valence-corrected chi connectivity index (χ4v) is 3.44. The molecule has 1 saturated carbocycles. The summed E-state index contributed by atoms with van der Waals surface area (Å²) in [7, 11) is 0. The lowest BCUT2D eigenvalue weighted by Gasteiger charge is -2.18. The molecule has 0 radical (unpaired) electrons. The molecule has 0 unspecified atom stereocenters. The molecule has 0 aliphatic heterocycles. The molecule has 0 spiro atoms. The molecule has 1 heterocycles. The molecule has 0 bridgehead atoms. The van der Waals surface area contributed by atoms with Gasteiger partial charge >= 0.3 is 0 Å². The molecule has 0 atom stereocenters. The van der Waals surface area contributed by atoms with Crippen molar-refractivity contribution in [1.29, 1.82) is 0 Å².